The molecule has 2 heterocycles. The molecule has 4 nitrogen and oxygen atoms in total. The minimum absolute atomic E-state index is 0.206. The van der Waals surface area contributed by atoms with Gasteiger partial charge in [-0.1, -0.05) is 42.5 Å². The fourth-order valence-electron chi connectivity index (χ4n) is 2.89. The summed E-state index contributed by atoms with van der Waals surface area (Å²) < 4.78 is 11.5. The molecule has 0 aliphatic carbocycles. The van der Waals surface area contributed by atoms with Gasteiger partial charge in [0.25, 0.3) is 0 Å². The molecular formula is C22H18O4S2. The van der Waals surface area contributed by atoms with Crippen LogP contribution >= 0.6 is 23.5 Å². The Bertz CT molecular complexity index is 956. The number of hydrogen-bond donors (Lipinski definition) is 0. The zero-order valence-electron chi connectivity index (χ0n) is 15.1. The lowest BCUT2D eigenvalue weighted by Crippen LogP contribution is -2.14. The average Bonchev–Trinajstić information content (AvgIpc) is 3.22. The summed E-state index contributed by atoms with van der Waals surface area (Å²) in [6.45, 7) is 0.206. The highest BCUT2D eigenvalue weighted by atomic mass is 32.2. The molecule has 0 saturated carbocycles. The lowest BCUT2D eigenvalue weighted by Gasteiger charge is -2.16. The van der Waals surface area contributed by atoms with E-state index in [1.807, 2.05) is 36.4 Å². The normalized spacial score (nSPS) is 15.6. The standard InChI is InChI=1S/C22H18O4S2/c23-17(9-7-15-8-10-18-19(13-15)26-14-25-18)20(22-27-11-4-12-28-22)21(24)16-5-2-1-3-6-16/h1-3,5-10,13H,4,11-12,14H2. The van der Waals surface area contributed by atoms with Crippen LogP contribution in [0, 0.1) is 0 Å². The van der Waals surface area contributed by atoms with Crippen LogP contribution in [0.4, 0.5) is 0 Å². The Morgan fingerprint density at radius 1 is 0.929 bits per heavy atom. The molecule has 0 atom stereocenters. The summed E-state index contributed by atoms with van der Waals surface area (Å²) in [7, 11) is 0. The highest BCUT2D eigenvalue weighted by molar-refractivity contribution is 8.22. The molecule has 1 saturated heterocycles. The summed E-state index contributed by atoms with van der Waals surface area (Å²) in [4.78, 5) is 26.1. The summed E-state index contributed by atoms with van der Waals surface area (Å²) in [6.07, 6.45) is 4.25. The van der Waals surface area contributed by atoms with E-state index in [1.54, 1.807) is 41.7 Å². The number of ether oxygens (including phenoxy) is 2. The fraction of sp³-hybridized carbons (Fsp3) is 0.182. The number of hydrogen-bond acceptors (Lipinski definition) is 6. The minimum atomic E-state index is -0.275. The van der Waals surface area contributed by atoms with E-state index in [-0.39, 0.29) is 23.9 Å². The number of allylic oxidation sites excluding steroid dienone is 2. The predicted octanol–water partition coefficient (Wildman–Crippen LogP) is 4.96. The number of fused-ring (bicyclic) bond motifs is 1. The van der Waals surface area contributed by atoms with Gasteiger partial charge in [0.1, 0.15) is 0 Å². The first-order chi connectivity index (χ1) is 13.7. The highest BCUT2D eigenvalue weighted by Gasteiger charge is 2.25. The second-order valence-corrected chi connectivity index (χ2v) is 8.69. The van der Waals surface area contributed by atoms with Gasteiger partial charge in [-0.15, -0.1) is 23.5 Å². The maximum Gasteiger partial charge on any atom is 0.231 e. The van der Waals surface area contributed by atoms with Gasteiger partial charge in [-0.25, -0.2) is 0 Å². The van der Waals surface area contributed by atoms with E-state index in [0.717, 1.165) is 27.7 Å². The van der Waals surface area contributed by atoms with Gasteiger partial charge in [-0.05, 0) is 41.7 Å². The molecule has 2 aromatic carbocycles. The van der Waals surface area contributed by atoms with Crippen molar-refractivity contribution in [2.45, 2.75) is 6.42 Å². The summed E-state index contributed by atoms with van der Waals surface area (Å²) in [6, 6.07) is 14.5. The summed E-state index contributed by atoms with van der Waals surface area (Å²) in [5.41, 5.74) is 1.61. The van der Waals surface area contributed by atoms with Crippen molar-refractivity contribution in [3.63, 3.8) is 0 Å². The first-order valence-corrected chi connectivity index (χ1v) is 10.9. The van der Waals surface area contributed by atoms with Crippen LogP contribution in [-0.4, -0.2) is 29.9 Å². The minimum Gasteiger partial charge on any atom is -0.454 e. The number of Topliss-reactive ketones (excluding diaryl/α,β-unsaturated/α-hetero) is 1. The van der Waals surface area contributed by atoms with Crippen molar-refractivity contribution in [3.8, 4) is 11.5 Å². The molecule has 28 heavy (non-hydrogen) atoms. The Morgan fingerprint density at radius 3 is 2.46 bits per heavy atom. The monoisotopic (exact) mass is 410 g/mol. The van der Waals surface area contributed by atoms with Crippen molar-refractivity contribution in [1.82, 2.24) is 0 Å². The number of rotatable bonds is 5. The van der Waals surface area contributed by atoms with Crippen LogP contribution in [0.5, 0.6) is 11.5 Å². The molecule has 0 unspecified atom stereocenters. The van der Waals surface area contributed by atoms with Crippen LogP contribution < -0.4 is 9.47 Å². The molecule has 4 rings (SSSR count). The third-order valence-corrected chi connectivity index (χ3v) is 6.92. The molecule has 0 spiro atoms. The van der Waals surface area contributed by atoms with Crippen LogP contribution in [0.1, 0.15) is 22.3 Å². The van der Waals surface area contributed by atoms with Crippen molar-refractivity contribution < 1.29 is 19.1 Å². The molecule has 6 heteroatoms. The maximum atomic E-state index is 13.1. The first-order valence-electron chi connectivity index (χ1n) is 8.94. The molecule has 0 radical (unpaired) electrons. The van der Waals surface area contributed by atoms with Gasteiger partial charge in [0.05, 0.1) is 9.81 Å². The Kier molecular flexibility index (Phi) is 5.88. The lowest BCUT2D eigenvalue weighted by atomic mass is 10.0. The Hall–Kier alpha value is -2.44. The van der Waals surface area contributed by atoms with Crippen LogP contribution in [-0.2, 0) is 4.79 Å². The maximum absolute atomic E-state index is 13.1. The number of thioether (sulfide) groups is 2. The molecular weight excluding hydrogens is 392 g/mol. The smallest absolute Gasteiger partial charge is 0.231 e. The van der Waals surface area contributed by atoms with Gasteiger partial charge < -0.3 is 9.47 Å². The highest BCUT2D eigenvalue weighted by Crippen LogP contribution is 2.38. The molecule has 142 valence electrons. The topological polar surface area (TPSA) is 52.6 Å². The molecule has 2 aliphatic heterocycles. The zero-order chi connectivity index (χ0) is 19.3. The van der Waals surface area contributed by atoms with E-state index in [4.69, 9.17) is 9.47 Å². The van der Waals surface area contributed by atoms with Crippen LogP contribution in [0.3, 0.4) is 0 Å². The second-order valence-electron chi connectivity index (χ2n) is 6.22. The molecule has 0 amide bonds. The molecule has 2 aromatic rings. The second kappa shape index (κ2) is 8.71. The van der Waals surface area contributed by atoms with Gasteiger partial charge in [0.2, 0.25) is 6.79 Å². The lowest BCUT2D eigenvalue weighted by molar-refractivity contribution is -0.111. The largest absolute Gasteiger partial charge is 0.454 e. The summed E-state index contributed by atoms with van der Waals surface area (Å²) in [5, 5.41) is 0. The summed E-state index contributed by atoms with van der Waals surface area (Å²) in [5.74, 6) is 2.70. The molecule has 2 aliphatic rings. The number of ketones is 2. The van der Waals surface area contributed by atoms with Crippen molar-refractivity contribution in [3.05, 3.63) is 75.5 Å². The SMILES string of the molecule is O=C(C=Cc1ccc2c(c1)OCO2)C(C(=O)c1ccccc1)=C1SCCCS1. The van der Waals surface area contributed by atoms with Gasteiger partial charge in [-0.2, -0.15) is 0 Å². The van der Waals surface area contributed by atoms with E-state index >= 15 is 0 Å². The number of benzene rings is 2. The van der Waals surface area contributed by atoms with Crippen LogP contribution in [0.2, 0.25) is 0 Å². The Balaban J connectivity index is 1.62. The predicted molar refractivity (Wildman–Crippen MR) is 114 cm³/mol. The van der Waals surface area contributed by atoms with Crippen LogP contribution in [0.25, 0.3) is 6.08 Å². The summed E-state index contributed by atoms with van der Waals surface area (Å²) >= 11 is 3.18. The van der Waals surface area contributed by atoms with E-state index in [1.165, 1.54) is 6.08 Å². The van der Waals surface area contributed by atoms with Crippen molar-refractivity contribution in [1.29, 1.82) is 0 Å². The molecule has 0 bridgehead atoms. The molecule has 1 fully saturated rings. The first kappa shape index (κ1) is 18.9. The average molecular weight is 411 g/mol. The van der Waals surface area contributed by atoms with E-state index in [9.17, 15) is 9.59 Å². The van der Waals surface area contributed by atoms with E-state index in [2.05, 4.69) is 0 Å². The van der Waals surface area contributed by atoms with Crippen molar-refractivity contribution in [2.75, 3.05) is 18.3 Å². The van der Waals surface area contributed by atoms with E-state index < -0.39 is 0 Å². The Labute approximate surface area is 172 Å². The van der Waals surface area contributed by atoms with Gasteiger partial charge >= 0.3 is 0 Å². The number of carbonyl (C=O) groups excluding carboxylic acids is 2. The third-order valence-electron chi connectivity index (χ3n) is 4.29. The third kappa shape index (κ3) is 4.18. The zero-order valence-corrected chi connectivity index (χ0v) is 16.7. The van der Waals surface area contributed by atoms with Gasteiger partial charge in [-0.3, -0.25) is 9.59 Å². The van der Waals surface area contributed by atoms with Gasteiger partial charge in [0, 0.05) is 5.56 Å². The quantitative estimate of drug-likeness (QED) is 0.300. The fourth-order valence-corrected chi connectivity index (χ4v) is 5.53. The Morgan fingerprint density at radius 2 is 1.68 bits per heavy atom. The van der Waals surface area contributed by atoms with E-state index in [0.29, 0.717) is 17.1 Å². The van der Waals surface area contributed by atoms with Gasteiger partial charge in [0.15, 0.2) is 23.1 Å². The van der Waals surface area contributed by atoms with Crippen molar-refractivity contribution in [2.24, 2.45) is 0 Å². The number of carbonyl (C=O) groups is 2. The molecule has 0 aromatic heterocycles. The van der Waals surface area contributed by atoms with Crippen molar-refractivity contribution >= 4 is 41.2 Å². The van der Waals surface area contributed by atoms with Crippen LogP contribution in [0.15, 0.2) is 64.4 Å². The molecule has 0 N–H and O–H groups in total.